The number of hydrogen-bond acceptors (Lipinski definition) is 1. The average Bonchev–Trinajstić information content (AvgIpc) is 2.77. The Kier molecular flexibility index (Phi) is 7.43. The molecule has 1 nitrogen and oxygen atoms in total. The maximum absolute atomic E-state index is 5.52. The van der Waals surface area contributed by atoms with E-state index in [-0.39, 0.29) is 0 Å². The number of rotatable bonds is 1. The van der Waals surface area contributed by atoms with Gasteiger partial charge in [0.05, 0.1) is 0 Å². The predicted octanol–water partition coefficient (Wildman–Crippen LogP) is 5.05. The van der Waals surface area contributed by atoms with Crippen LogP contribution < -0.4 is 0 Å². The highest BCUT2D eigenvalue weighted by atomic mass is 16.3. The van der Waals surface area contributed by atoms with Gasteiger partial charge in [0.15, 0.2) is 0 Å². The third-order valence-corrected chi connectivity index (χ3v) is 1.83. The average molecular weight is 206 g/mol. The second-order valence-corrected chi connectivity index (χ2v) is 2.60. The van der Waals surface area contributed by atoms with Gasteiger partial charge in [0.1, 0.15) is 11.3 Å². The van der Waals surface area contributed by atoms with Crippen LogP contribution >= 0.6 is 0 Å². The Hall–Kier alpha value is -1.24. The normalized spacial score (nSPS) is 8.60. The zero-order valence-corrected chi connectivity index (χ0v) is 10.5. The Morgan fingerprint density at radius 3 is 2.13 bits per heavy atom. The summed E-state index contributed by atoms with van der Waals surface area (Å²) in [5.74, 6) is 1.06. The molecule has 0 atom stereocenters. The molecular formula is C14H22O. The number of benzene rings is 1. The van der Waals surface area contributed by atoms with Crippen LogP contribution in [0.5, 0.6) is 0 Å². The van der Waals surface area contributed by atoms with Crippen LogP contribution in [0.25, 0.3) is 11.0 Å². The molecule has 0 aliphatic heterocycles. The summed E-state index contributed by atoms with van der Waals surface area (Å²) < 4.78 is 5.52. The Labute approximate surface area is 93.1 Å². The Morgan fingerprint density at radius 2 is 1.60 bits per heavy atom. The van der Waals surface area contributed by atoms with Gasteiger partial charge in [-0.25, -0.2) is 0 Å². The predicted molar refractivity (Wildman–Crippen MR) is 68.3 cm³/mol. The van der Waals surface area contributed by atoms with Gasteiger partial charge in [0.25, 0.3) is 0 Å². The van der Waals surface area contributed by atoms with Crippen molar-refractivity contribution in [2.75, 3.05) is 0 Å². The van der Waals surface area contributed by atoms with Crippen molar-refractivity contribution >= 4 is 11.0 Å². The van der Waals surface area contributed by atoms with Gasteiger partial charge in [0.2, 0.25) is 0 Å². The van der Waals surface area contributed by atoms with Gasteiger partial charge in [-0.2, -0.15) is 0 Å². The molecule has 0 radical (unpaired) electrons. The molecule has 0 N–H and O–H groups in total. The molecule has 1 heteroatoms. The van der Waals surface area contributed by atoms with Gasteiger partial charge in [-0.1, -0.05) is 52.8 Å². The van der Waals surface area contributed by atoms with E-state index < -0.39 is 0 Å². The van der Waals surface area contributed by atoms with E-state index >= 15 is 0 Å². The first kappa shape index (κ1) is 13.8. The molecule has 0 aliphatic carbocycles. The van der Waals surface area contributed by atoms with Gasteiger partial charge in [0, 0.05) is 11.8 Å². The highest BCUT2D eigenvalue weighted by molar-refractivity contribution is 5.77. The summed E-state index contributed by atoms with van der Waals surface area (Å²) in [6.07, 6.45) is 0.967. The number of hydrogen-bond donors (Lipinski definition) is 0. The van der Waals surface area contributed by atoms with E-state index in [0.29, 0.717) is 0 Å². The van der Waals surface area contributed by atoms with Crippen molar-refractivity contribution in [1.82, 2.24) is 0 Å². The van der Waals surface area contributed by atoms with Crippen molar-refractivity contribution < 1.29 is 4.42 Å². The summed E-state index contributed by atoms with van der Waals surface area (Å²) in [5.41, 5.74) is 0.990. The quantitative estimate of drug-likeness (QED) is 0.636. The molecule has 1 aromatic heterocycles. The fraction of sp³-hybridized carbons (Fsp3) is 0.429. The summed E-state index contributed by atoms with van der Waals surface area (Å²) in [7, 11) is 0. The number of para-hydroxylation sites is 1. The fourth-order valence-corrected chi connectivity index (χ4v) is 1.21. The maximum atomic E-state index is 5.52. The number of furan rings is 1. The lowest BCUT2D eigenvalue weighted by atomic mass is 10.2. The first-order chi connectivity index (χ1) is 7.40. The van der Waals surface area contributed by atoms with Crippen LogP contribution in [0.4, 0.5) is 0 Å². The van der Waals surface area contributed by atoms with Crippen molar-refractivity contribution in [2.45, 2.75) is 41.0 Å². The van der Waals surface area contributed by atoms with Crippen LogP contribution in [0, 0.1) is 0 Å². The Balaban J connectivity index is 0.000000442. The van der Waals surface area contributed by atoms with Crippen LogP contribution in [-0.2, 0) is 6.42 Å². The summed E-state index contributed by atoms with van der Waals surface area (Å²) in [6.45, 7) is 10.1. The molecule has 0 fully saturated rings. The Bertz CT molecular complexity index is 327. The molecule has 0 aliphatic rings. The minimum Gasteiger partial charge on any atom is -0.461 e. The van der Waals surface area contributed by atoms with Gasteiger partial charge < -0.3 is 4.42 Å². The van der Waals surface area contributed by atoms with E-state index in [1.807, 2.05) is 45.9 Å². The molecule has 0 unspecified atom stereocenters. The lowest BCUT2D eigenvalue weighted by molar-refractivity contribution is 0.557. The first-order valence-corrected chi connectivity index (χ1v) is 5.87. The highest BCUT2D eigenvalue weighted by Crippen LogP contribution is 2.18. The van der Waals surface area contributed by atoms with E-state index in [1.54, 1.807) is 0 Å². The van der Waals surface area contributed by atoms with Crippen LogP contribution in [0.1, 0.15) is 40.4 Å². The second-order valence-electron chi connectivity index (χ2n) is 2.60. The summed E-state index contributed by atoms with van der Waals surface area (Å²) >= 11 is 0. The third kappa shape index (κ3) is 3.78. The van der Waals surface area contributed by atoms with Crippen molar-refractivity contribution in [2.24, 2.45) is 0 Å². The maximum Gasteiger partial charge on any atom is 0.134 e. The standard InChI is InChI=1S/C10H10O.2C2H6/c1-2-9-7-8-5-3-4-6-10(8)11-9;2*1-2/h3-7H,2H2,1H3;2*1-2H3. The molecule has 0 bridgehead atoms. The SMILES string of the molecule is CC.CC.CCc1cc2ccccc2o1. The van der Waals surface area contributed by atoms with Gasteiger partial charge in [-0.3, -0.25) is 0 Å². The number of fused-ring (bicyclic) bond motifs is 1. The zero-order valence-electron chi connectivity index (χ0n) is 10.5. The van der Waals surface area contributed by atoms with Gasteiger partial charge in [-0.15, -0.1) is 0 Å². The molecule has 1 heterocycles. The molecule has 1 aromatic carbocycles. The summed E-state index contributed by atoms with van der Waals surface area (Å²) in [6, 6.07) is 10.2. The van der Waals surface area contributed by atoms with E-state index in [9.17, 15) is 0 Å². The van der Waals surface area contributed by atoms with Gasteiger partial charge >= 0.3 is 0 Å². The molecule has 0 saturated carbocycles. The third-order valence-electron chi connectivity index (χ3n) is 1.83. The Morgan fingerprint density at radius 1 is 1.00 bits per heavy atom. The molecule has 0 spiro atoms. The topological polar surface area (TPSA) is 13.1 Å². The summed E-state index contributed by atoms with van der Waals surface area (Å²) in [4.78, 5) is 0. The molecule has 15 heavy (non-hydrogen) atoms. The van der Waals surface area contributed by atoms with Crippen molar-refractivity contribution in [3.05, 3.63) is 36.1 Å². The van der Waals surface area contributed by atoms with E-state index in [2.05, 4.69) is 19.1 Å². The molecule has 84 valence electrons. The lowest BCUT2D eigenvalue weighted by Crippen LogP contribution is -1.67. The summed E-state index contributed by atoms with van der Waals surface area (Å²) in [5, 5.41) is 1.20. The molecule has 2 aromatic rings. The monoisotopic (exact) mass is 206 g/mol. The van der Waals surface area contributed by atoms with Crippen molar-refractivity contribution in [3.8, 4) is 0 Å². The molecule has 0 amide bonds. The first-order valence-electron chi connectivity index (χ1n) is 5.87. The second kappa shape index (κ2) is 8.10. The minimum atomic E-state index is 0.967. The van der Waals surface area contributed by atoms with Crippen LogP contribution in [-0.4, -0.2) is 0 Å². The lowest BCUT2D eigenvalue weighted by Gasteiger charge is -1.83. The van der Waals surface area contributed by atoms with Crippen LogP contribution in [0.3, 0.4) is 0 Å². The number of aryl methyl sites for hydroxylation is 1. The highest BCUT2D eigenvalue weighted by Gasteiger charge is 1.98. The zero-order chi connectivity index (χ0) is 11.7. The van der Waals surface area contributed by atoms with Crippen molar-refractivity contribution in [1.29, 1.82) is 0 Å². The van der Waals surface area contributed by atoms with E-state index in [1.165, 1.54) is 5.39 Å². The largest absolute Gasteiger partial charge is 0.461 e. The van der Waals surface area contributed by atoms with Crippen LogP contribution in [0.15, 0.2) is 34.7 Å². The van der Waals surface area contributed by atoms with E-state index in [4.69, 9.17) is 4.42 Å². The smallest absolute Gasteiger partial charge is 0.134 e. The van der Waals surface area contributed by atoms with Crippen molar-refractivity contribution in [3.63, 3.8) is 0 Å². The molecule has 2 rings (SSSR count). The molecular weight excluding hydrogens is 184 g/mol. The molecule has 0 saturated heterocycles. The fourth-order valence-electron chi connectivity index (χ4n) is 1.21. The van der Waals surface area contributed by atoms with E-state index in [0.717, 1.165) is 17.8 Å². The van der Waals surface area contributed by atoms with Gasteiger partial charge in [-0.05, 0) is 12.1 Å². The minimum absolute atomic E-state index is 0.967. The van der Waals surface area contributed by atoms with Crippen LogP contribution in [0.2, 0.25) is 0 Å².